The zero-order valence-electron chi connectivity index (χ0n) is 21.9. The summed E-state index contributed by atoms with van der Waals surface area (Å²) in [6.07, 6.45) is 1.34. The van der Waals surface area contributed by atoms with Crippen LogP contribution in [0.4, 0.5) is 11.4 Å². The molecule has 0 unspecified atom stereocenters. The maximum atomic E-state index is 9.01. The number of amidine groups is 3. The Balaban J connectivity index is 0.000000418. The van der Waals surface area contributed by atoms with Gasteiger partial charge in [-0.1, -0.05) is 39.7 Å². The van der Waals surface area contributed by atoms with Crippen molar-refractivity contribution in [1.29, 1.82) is 15.8 Å². The van der Waals surface area contributed by atoms with Gasteiger partial charge in [-0.25, -0.2) is 0 Å². The predicted molar refractivity (Wildman–Crippen MR) is 151 cm³/mol. The van der Waals surface area contributed by atoms with Crippen LogP contribution in [0.3, 0.4) is 0 Å². The van der Waals surface area contributed by atoms with Crippen molar-refractivity contribution >= 4 is 28.9 Å². The SMILES string of the molecule is N#CCCN(CCC#N)c1ccccc1C#N.N/C(=N\O)c1ccccc1N(CC/C(N)=N\O)CC/C(N)=N\O. The van der Waals surface area contributed by atoms with Gasteiger partial charge in [0.15, 0.2) is 5.84 Å². The van der Waals surface area contributed by atoms with Gasteiger partial charge >= 0.3 is 0 Å². The second-order valence-electron chi connectivity index (χ2n) is 8.10. The van der Waals surface area contributed by atoms with Crippen LogP contribution in [0.2, 0.25) is 0 Å². The molecule has 0 aliphatic rings. The van der Waals surface area contributed by atoms with Crippen LogP contribution < -0.4 is 27.0 Å². The maximum Gasteiger partial charge on any atom is 0.172 e. The third-order valence-electron chi connectivity index (χ3n) is 5.51. The Labute approximate surface area is 232 Å². The molecule has 0 heterocycles. The summed E-state index contributed by atoms with van der Waals surface area (Å²) in [5.74, 6) is 0.0957. The summed E-state index contributed by atoms with van der Waals surface area (Å²) in [7, 11) is 0. The summed E-state index contributed by atoms with van der Waals surface area (Å²) < 4.78 is 0. The number of oxime groups is 3. The Morgan fingerprint density at radius 2 is 1.15 bits per heavy atom. The van der Waals surface area contributed by atoms with E-state index in [-0.39, 0.29) is 30.3 Å². The van der Waals surface area contributed by atoms with Gasteiger partial charge < -0.3 is 42.6 Å². The molecule has 14 heteroatoms. The van der Waals surface area contributed by atoms with Gasteiger partial charge in [0, 0.05) is 50.3 Å². The number of hydrogen-bond donors (Lipinski definition) is 6. The Morgan fingerprint density at radius 1 is 0.675 bits per heavy atom. The molecular formula is C26H33N11O3. The smallest absolute Gasteiger partial charge is 0.172 e. The molecule has 0 bridgehead atoms. The second kappa shape index (κ2) is 18.5. The Hall–Kier alpha value is -5.68. The number of para-hydroxylation sites is 2. The predicted octanol–water partition coefficient (Wildman–Crippen LogP) is 2.05. The maximum absolute atomic E-state index is 9.01. The average Bonchev–Trinajstić information content (AvgIpc) is 3.00. The van der Waals surface area contributed by atoms with E-state index >= 15 is 0 Å². The summed E-state index contributed by atoms with van der Waals surface area (Å²) >= 11 is 0. The first-order chi connectivity index (χ1) is 19.4. The number of nitriles is 3. The van der Waals surface area contributed by atoms with Crippen LogP contribution in [0.25, 0.3) is 0 Å². The van der Waals surface area contributed by atoms with E-state index in [1.165, 1.54) is 0 Å². The van der Waals surface area contributed by atoms with E-state index in [1.807, 2.05) is 21.9 Å². The molecule has 0 fully saturated rings. The minimum Gasteiger partial charge on any atom is -0.409 e. The lowest BCUT2D eigenvalue weighted by molar-refractivity contribution is 0.316. The van der Waals surface area contributed by atoms with Crippen molar-refractivity contribution in [3.05, 3.63) is 59.7 Å². The fourth-order valence-electron chi connectivity index (χ4n) is 3.54. The Morgan fingerprint density at radius 3 is 1.62 bits per heavy atom. The van der Waals surface area contributed by atoms with E-state index in [2.05, 4.69) is 33.7 Å². The van der Waals surface area contributed by atoms with E-state index in [9.17, 15) is 0 Å². The lowest BCUT2D eigenvalue weighted by Crippen LogP contribution is -2.33. The standard InChI is InChI=1S/C13H21N7O3.C13H12N4/c14-11(17-21)5-7-20(8-6-12(15)18-22)10-4-2-1-3-9(10)13(16)19-23;14-7-3-9-17(10-4-8-15)13-6-2-1-5-12(13)11-16/h1-4,21-23H,5-8H2,(H2,14,17)(H2,15,18)(H2,16,19);1-2,5-6H,3-4,9-10H2. The molecular weight excluding hydrogens is 514 g/mol. The fraction of sp³-hybridized carbons (Fsp3) is 0.308. The molecule has 2 aromatic rings. The quantitative estimate of drug-likeness (QED) is 0.0915. The van der Waals surface area contributed by atoms with Gasteiger partial charge in [0.1, 0.15) is 17.7 Å². The first-order valence-electron chi connectivity index (χ1n) is 12.1. The number of hydrogen-bond acceptors (Lipinski definition) is 11. The summed E-state index contributed by atoms with van der Waals surface area (Å²) in [6, 6.07) is 20.5. The van der Waals surface area contributed by atoms with Crippen LogP contribution in [0.15, 0.2) is 64.0 Å². The molecule has 210 valence electrons. The zero-order chi connectivity index (χ0) is 29.8. The summed E-state index contributed by atoms with van der Waals surface area (Å²) in [6.45, 7) is 1.86. The van der Waals surface area contributed by atoms with Crippen molar-refractivity contribution in [1.82, 2.24) is 0 Å². The van der Waals surface area contributed by atoms with Crippen molar-refractivity contribution in [2.24, 2.45) is 32.7 Å². The molecule has 9 N–H and O–H groups in total. The lowest BCUT2D eigenvalue weighted by Gasteiger charge is -2.26. The van der Waals surface area contributed by atoms with Crippen LogP contribution in [-0.4, -0.2) is 59.3 Å². The largest absolute Gasteiger partial charge is 0.409 e. The van der Waals surface area contributed by atoms with Crippen LogP contribution in [0.1, 0.15) is 36.8 Å². The fourth-order valence-corrected chi connectivity index (χ4v) is 3.54. The number of nitrogens with zero attached hydrogens (tertiary/aromatic N) is 8. The third kappa shape index (κ3) is 10.7. The Kier molecular flexibility index (Phi) is 15.0. The highest BCUT2D eigenvalue weighted by atomic mass is 16.4. The summed E-state index contributed by atoms with van der Waals surface area (Å²) in [4.78, 5) is 3.76. The summed E-state index contributed by atoms with van der Waals surface area (Å²) in [5.41, 5.74) is 19.3. The van der Waals surface area contributed by atoms with Crippen molar-refractivity contribution in [2.45, 2.75) is 25.7 Å². The molecule has 40 heavy (non-hydrogen) atoms. The molecule has 0 atom stereocenters. The summed E-state index contributed by atoms with van der Waals surface area (Å²) in [5, 5.41) is 61.3. The molecule has 0 amide bonds. The van der Waals surface area contributed by atoms with Gasteiger partial charge in [-0.15, -0.1) is 0 Å². The van der Waals surface area contributed by atoms with Gasteiger partial charge in [0.2, 0.25) is 0 Å². The molecule has 0 aromatic heterocycles. The van der Waals surface area contributed by atoms with Gasteiger partial charge in [-0.05, 0) is 24.3 Å². The van der Waals surface area contributed by atoms with E-state index in [0.717, 1.165) is 5.69 Å². The van der Waals surface area contributed by atoms with Crippen LogP contribution in [-0.2, 0) is 0 Å². The molecule has 14 nitrogen and oxygen atoms in total. The monoisotopic (exact) mass is 547 g/mol. The molecule has 0 aliphatic heterocycles. The van der Waals surface area contributed by atoms with Crippen LogP contribution in [0.5, 0.6) is 0 Å². The van der Waals surface area contributed by atoms with E-state index in [4.69, 9.17) is 48.6 Å². The zero-order valence-corrected chi connectivity index (χ0v) is 21.9. The lowest BCUT2D eigenvalue weighted by atomic mass is 10.1. The normalized spacial score (nSPS) is 11.3. The van der Waals surface area contributed by atoms with E-state index < -0.39 is 0 Å². The van der Waals surface area contributed by atoms with Gasteiger partial charge in [0.25, 0.3) is 0 Å². The number of rotatable bonds is 13. The second-order valence-corrected chi connectivity index (χ2v) is 8.10. The van der Waals surface area contributed by atoms with Crippen molar-refractivity contribution in [3.63, 3.8) is 0 Å². The minimum atomic E-state index is -0.0433. The molecule has 2 rings (SSSR count). The molecule has 0 radical (unpaired) electrons. The highest BCUT2D eigenvalue weighted by Crippen LogP contribution is 2.21. The van der Waals surface area contributed by atoms with Crippen LogP contribution in [0, 0.1) is 34.0 Å². The minimum absolute atomic E-state index is 0.0433. The van der Waals surface area contributed by atoms with Crippen LogP contribution >= 0.6 is 0 Å². The number of nitrogens with two attached hydrogens (primary N) is 3. The van der Waals surface area contributed by atoms with Gasteiger partial charge in [-0.2, -0.15) is 15.8 Å². The number of benzene rings is 2. The average molecular weight is 548 g/mol. The molecule has 2 aromatic carbocycles. The molecule has 0 aliphatic carbocycles. The van der Waals surface area contributed by atoms with E-state index in [1.54, 1.807) is 36.4 Å². The van der Waals surface area contributed by atoms with Crippen molar-refractivity contribution in [3.8, 4) is 18.2 Å². The number of anilines is 2. The highest BCUT2D eigenvalue weighted by molar-refractivity contribution is 6.02. The Bertz CT molecular complexity index is 1250. The molecule has 0 spiro atoms. The third-order valence-corrected chi connectivity index (χ3v) is 5.51. The van der Waals surface area contributed by atoms with Crippen molar-refractivity contribution in [2.75, 3.05) is 36.0 Å². The first-order valence-corrected chi connectivity index (χ1v) is 12.1. The highest BCUT2D eigenvalue weighted by Gasteiger charge is 2.15. The van der Waals surface area contributed by atoms with Gasteiger partial charge in [-0.3, -0.25) is 0 Å². The topological polar surface area (TPSA) is 254 Å². The molecule has 0 saturated carbocycles. The van der Waals surface area contributed by atoms with E-state index in [0.29, 0.717) is 55.8 Å². The van der Waals surface area contributed by atoms with Crippen molar-refractivity contribution < 1.29 is 15.6 Å². The molecule has 0 saturated heterocycles. The van der Waals surface area contributed by atoms with Gasteiger partial charge in [0.05, 0.1) is 36.2 Å². The first kappa shape index (κ1) is 32.3.